The molecule has 6 heteroatoms. The van der Waals surface area contributed by atoms with E-state index in [1.165, 1.54) is 0 Å². The third-order valence-corrected chi connectivity index (χ3v) is 6.04. The number of benzene rings is 2. The highest BCUT2D eigenvalue weighted by Crippen LogP contribution is 2.24. The molecule has 0 bridgehead atoms. The number of aromatic nitrogens is 1. The second-order valence-corrected chi connectivity index (χ2v) is 8.30. The summed E-state index contributed by atoms with van der Waals surface area (Å²) in [6, 6.07) is 19.0. The van der Waals surface area contributed by atoms with Gasteiger partial charge in [-0.3, -0.25) is 9.69 Å². The van der Waals surface area contributed by atoms with Gasteiger partial charge < -0.3 is 19.4 Å². The summed E-state index contributed by atoms with van der Waals surface area (Å²) in [6.45, 7) is 7.70. The Morgan fingerprint density at radius 2 is 1.94 bits per heavy atom. The van der Waals surface area contributed by atoms with Gasteiger partial charge in [-0.2, -0.15) is 0 Å². The Morgan fingerprint density at radius 3 is 2.72 bits per heavy atom. The van der Waals surface area contributed by atoms with E-state index in [4.69, 9.17) is 9.47 Å². The van der Waals surface area contributed by atoms with Crippen molar-refractivity contribution in [3.05, 3.63) is 70.5 Å². The number of rotatable bonds is 9. The van der Waals surface area contributed by atoms with Gasteiger partial charge >= 0.3 is 0 Å². The maximum absolute atomic E-state index is 13.5. The number of fused-ring (bicyclic) bond motifs is 1. The fraction of sp³-hybridized carbons (Fsp3) is 0.423. The fourth-order valence-corrected chi connectivity index (χ4v) is 4.47. The van der Waals surface area contributed by atoms with E-state index in [1.54, 1.807) is 7.11 Å². The van der Waals surface area contributed by atoms with Crippen molar-refractivity contribution in [3.8, 4) is 11.1 Å². The molecule has 1 saturated heterocycles. The van der Waals surface area contributed by atoms with Crippen molar-refractivity contribution >= 4 is 10.9 Å². The summed E-state index contributed by atoms with van der Waals surface area (Å²) in [7, 11) is 1.73. The van der Waals surface area contributed by atoms with Crippen LogP contribution in [0.1, 0.15) is 12.5 Å². The van der Waals surface area contributed by atoms with Crippen molar-refractivity contribution in [2.45, 2.75) is 26.1 Å². The van der Waals surface area contributed by atoms with E-state index in [0.717, 1.165) is 47.2 Å². The normalized spacial score (nSPS) is 17.1. The molecule has 4 rings (SSSR count). The SMILES string of the molecule is CCOCCn1c(=O)c(CN2CCNC(COC)C2)cc2ccc(-c3ccccc3)cc21. The Labute approximate surface area is 189 Å². The van der Waals surface area contributed by atoms with Crippen LogP contribution in [0.25, 0.3) is 22.0 Å². The van der Waals surface area contributed by atoms with Crippen LogP contribution in [0.2, 0.25) is 0 Å². The molecule has 2 heterocycles. The van der Waals surface area contributed by atoms with Crippen LogP contribution in [0.3, 0.4) is 0 Å². The van der Waals surface area contributed by atoms with E-state index < -0.39 is 0 Å². The van der Waals surface area contributed by atoms with Gasteiger partial charge in [0.2, 0.25) is 0 Å². The molecular formula is C26H33N3O3. The number of pyridine rings is 1. The molecular weight excluding hydrogens is 402 g/mol. The van der Waals surface area contributed by atoms with Crippen LogP contribution >= 0.6 is 0 Å². The summed E-state index contributed by atoms with van der Waals surface area (Å²) < 4.78 is 12.8. The molecule has 6 nitrogen and oxygen atoms in total. The molecule has 2 aromatic carbocycles. The van der Waals surface area contributed by atoms with Crippen molar-refractivity contribution in [2.75, 3.05) is 46.6 Å². The maximum atomic E-state index is 13.5. The molecule has 32 heavy (non-hydrogen) atoms. The van der Waals surface area contributed by atoms with Crippen molar-refractivity contribution in [2.24, 2.45) is 0 Å². The van der Waals surface area contributed by atoms with E-state index in [9.17, 15) is 4.79 Å². The molecule has 1 fully saturated rings. The van der Waals surface area contributed by atoms with Crippen LogP contribution in [0.5, 0.6) is 0 Å². The average Bonchev–Trinajstić information content (AvgIpc) is 2.82. The van der Waals surface area contributed by atoms with Crippen molar-refractivity contribution in [1.29, 1.82) is 0 Å². The Balaban J connectivity index is 1.69. The van der Waals surface area contributed by atoms with Gasteiger partial charge in [0.05, 0.1) is 18.7 Å². The van der Waals surface area contributed by atoms with Gasteiger partial charge in [-0.25, -0.2) is 0 Å². The summed E-state index contributed by atoms with van der Waals surface area (Å²) in [5, 5.41) is 4.56. The van der Waals surface area contributed by atoms with E-state index >= 15 is 0 Å². The number of piperazine rings is 1. The summed E-state index contributed by atoms with van der Waals surface area (Å²) in [6.07, 6.45) is 0. The van der Waals surface area contributed by atoms with Gasteiger partial charge in [0.25, 0.3) is 5.56 Å². The molecule has 0 radical (unpaired) electrons. The lowest BCUT2D eigenvalue weighted by molar-refractivity contribution is 0.112. The minimum atomic E-state index is 0.0734. The lowest BCUT2D eigenvalue weighted by Crippen LogP contribution is -2.52. The van der Waals surface area contributed by atoms with Crippen LogP contribution in [0.15, 0.2) is 59.4 Å². The number of hydrogen-bond acceptors (Lipinski definition) is 5. The number of nitrogens with zero attached hydrogens (tertiary/aromatic N) is 2. The van der Waals surface area contributed by atoms with Crippen LogP contribution in [-0.2, 0) is 22.6 Å². The van der Waals surface area contributed by atoms with Crippen LogP contribution in [0, 0.1) is 0 Å². The van der Waals surface area contributed by atoms with Gasteiger partial charge in [-0.15, -0.1) is 0 Å². The van der Waals surface area contributed by atoms with Crippen LogP contribution in [0.4, 0.5) is 0 Å². The summed E-state index contributed by atoms with van der Waals surface area (Å²) in [5.41, 5.74) is 4.12. The number of hydrogen-bond donors (Lipinski definition) is 1. The predicted molar refractivity (Wildman–Crippen MR) is 129 cm³/mol. The van der Waals surface area contributed by atoms with Gasteiger partial charge in [0.15, 0.2) is 0 Å². The maximum Gasteiger partial charge on any atom is 0.255 e. The van der Waals surface area contributed by atoms with Crippen LogP contribution < -0.4 is 10.9 Å². The molecule has 1 unspecified atom stereocenters. The predicted octanol–water partition coefficient (Wildman–Crippen LogP) is 3.13. The molecule has 1 atom stereocenters. The molecule has 1 aliphatic heterocycles. The first-order chi connectivity index (χ1) is 15.7. The monoisotopic (exact) mass is 435 g/mol. The number of nitrogens with one attached hydrogen (secondary N) is 1. The minimum Gasteiger partial charge on any atom is -0.383 e. The Morgan fingerprint density at radius 1 is 1.09 bits per heavy atom. The topological polar surface area (TPSA) is 55.7 Å². The first-order valence-electron chi connectivity index (χ1n) is 11.4. The molecule has 1 aliphatic rings. The number of methoxy groups -OCH3 is 1. The van der Waals surface area contributed by atoms with Crippen molar-refractivity contribution in [1.82, 2.24) is 14.8 Å². The quantitative estimate of drug-likeness (QED) is 0.524. The number of ether oxygens (including phenoxy) is 2. The molecule has 0 amide bonds. The third kappa shape index (κ3) is 5.27. The molecule has 1 N–H and O–H groups in total. The van der Waals surface area contributed by atoms with Gasteiger partial charge in [0, 0.05) is 58.0 Å². The van der Waals surface area contributed by atoms with Gasteiger partial charge in [-0.05, 0) is 35.6 Å². The molecule has 0 aliphatic carbocycles. The zero-order valence-electron chi connectivity index (χ0n) is 19.0. The second-order valence-electron chi connectivity index (χ2n) is 8.30. The van der Waals surface area contributed by atoms with E-state index in [2.05, 4.69) is 46.6 Å². The summed E-state index contributed by atoms with van der Waals surface area (Å²) in [5.74, 6) is 0. The summed E-state index contributed by atoms with van der Waals surface area (Å²) in [4.78, 5) is 15.9. The summed E-state index contributed by atoms with van der Waals surface area (Å²) >= 11 is 0. The highest BCUT2D eigenvalue weighted by Gasteiger charge is 2.21. The average molecular weight is 436 g/mol. The molecule has 3 aromatic rings. The minimum absolute atomic E-state index is 0.0734. The van der Waals surface area contributed by atoms with Gasteiger partial charge in [-0.1, -0.05) is 42.5 Å². The molecule has 0 saturated carbocycles. The fourth-order valence-electron chi connectivity index (χ4n) is 4.47. The highest BCUT2D eigenvalue weighted by molar-refractivity contribution is 5.85. The largest absolute Gasteiger partial charge is 0.383 e. The first kappa shape index (κ1) is 22.7. The van der Waals surface area contributed by atoms with E-state index in [1.807, 2.05) is 29.7 Å². The van der Waals surface area contributed by atoms with Crippen molar-refractivity contribution in [3.63, 3.8) is 0 Å². The second kappa shape index (κ2) is 10.9. The third-order valence-electron chi connectivity index (χ3n) is 6.04. The van der Waals surface area contributed by atoms with Crippen molar-refractivity contribution < 1.29 is 9.47 Å². The van der Waals surface area contributed by atoms with E-state index in [-0.39, 0.29) is 5.56 Å². The van der Waals surface area contributed by atoms with Gasteiger partial charge in [0.1, 0.15) is 0 Å². The van der Waals surface area contributed by atoms with Crippen LogP contribution in [-0.4, -0.2) is 62.1 Å². The standard InChI is InChI=1S/C26H33N3O3/c1-3-32-14-13-29-25-16-21(20-7-5-4-6-8-20)9-10-22(25)15-23(26(29)30)17-28-12-11-27-24(18-28)19-31-2/h4-10,15-16,24,27H,3,11-14,17-19H2,1-2H3. The Hall–Kier alpha value is -2.51. The van der Waals surface area contributed by atoms with E-state index in [0.29, 0.717) is 39.0 Å². The Bertz CT molecular complexity index is 1080. The molecule has 170 valence electrons. The Kier molecular flexibility index (Phi) is 7.71. The zero-order chi connectivity index (χ0) is 22.3. The molecule has 1 aromatic heterocycles. The molecule has 0 spiro atoms. The zero-order valence-corrected chi connectivity index (χ0v) is 19.0. The lowest BCUT2D eigenvalue weighted by atomic mass is 10.0. The lowest BCUT2D eigenvalue weighted by Gasteiger charge is -2.33. The smallest absolute Gasteiger partial charge is 0.255 e. The first-order valence-corrected chi connectivity index (χ1v) is 11.4. The highest BCUT2D eigenvalue weighted by atomic mass is 16.5.